The molecule has 0 saturated carbocycles. The lowest BCUT2D eigenvalue weighted by Crippen LogP contribution is -2.30. The zero-order valence-corrected chi connectivity index (χ0v) is 29.5. The molecule has 3 N–H and O–H groups in total. The highest BCUT2D eigenvalue weighted by atomic mass is 35.5. The van der Waals surface area contributed by atoms with Crippen LogP contribution in [0.25, 0.3) is 27.5 Å². The molecule has 52 heavy (non-hydrogen) atoms. The third-order valence-corrected chi connectivity index (χ3v) is 9.78. The number of primary amides is 1. The van der Waals surface area contributed by atoms with Gasteiger partial charge in [0.2, 0.25) is 10.0 Å². The first kappa shape index (κ1) is 36.1. The number of hydrogen-bond donors (Lipinski definition) is 2. The largest absolute Gasteiger partial charge is 0.497 e. The molecule has 17 heteroatoms. The number of ether oxygens (including phenoxy) is 3. The van der Waals surface area contributed by atoms with Crippen LogP contribution in [0.15, 0.2) is 77.6 Å². The lowest BCUT2D eigenvalue weighted by atomic mass is 10.1. The molecular weight excluding hydrogens is 722 g/mol. The van der Waals surface area contributed by atoms with Crippen molar-refractivity contribution in [3.63, 3.8) is 0 Å². The van der Waals surface area contributed by atoms with Crippen molar-refractivity contribution >= 4 is 55.3 Å². The van der Waals surface area contributed by atoms with Crippen LogP contribution in [0, 0.1) is 11.6 Å². The fraction of sp³-hybridized carbons (Fsp3) is 0.200. The highest BCUT2D eigenvalue weighted by molar-refractivity contribution is 7.92. The normalized spacial score (nSPS) is 12.2. The smallest absolute Gasteiger partial charge is 0.405 e. The minimum atomic E-state index is -3.98. The van der Waals surface area contributed by atoms with E-state index in [1.54, 1.807) is 30.3 Å². The summed E-state index contributed by atoms with van der Waals surface area (Å²) in [6, 6.07) is 17.2. The van der Waals surface area contributed by atoms with Gasteiger partial charge in [0, 0.05) is 25.6 Å². The van der Waals surface area contributed by atoms with E-state index in [0.29, 0.717) is 17.6 Å². The van der Waals surface area contributed by atoms with Gasteiger partial charge in [-0.15, -0.1) is 0 Å². The second-order valence-corrected chi connectivity index (χ2v) is 13.9. The standard InChI is InChI=1S/C35H31ClF2N6O7S/c1-43-31-28(11-10-26(36)30(31)32(41-43)42-52(47,48)13-12-19-4-6-23(49-2)7-5-19)44-33(40-27-18-24(50-3)8-9-25(27)34(44)45)29(51-35(39)46)16-20-14-21(37)17-22(38)15-20/h4-11,14-15,17-18,29H,12-13,16H2,1-3H3,(H2,39,46)(H,41,42). The van der Waals surface area contributed by atoms with E-state index in [4.69, 9.17) is 31.5 Å². The molecule has 2 aromatic heterocycles. The number of carbonyl (C=O) groups excluding carboxylic acids is 1. The molecule has 6 rings (SSSR count). The zero-order chi connectivity index (χ0) is 37.3. The summed E-state index contributed by atoms with van der Waals surface area (Å²) in [5.41, 5.74) is 6.12. The maximum Gasteiger partial charge on any atom is 0.405 e. The first-order chi connectivity index (χ1) is 24.8. The number of nitrogens with one attached hydrogen (secondary N) is 1. The Morgan fingerprint density at radius 2 is 1.63 bits per heavy atom. The van der Waals surface area contributed by atoms with Gasteiger partial charge in [-0.2, -0.15) is 5.10 Å². The number of aromatic nitrogens is 4. The molecule has 0 aliphatic carbocycles. The fourth-order valence-electron chi connectivity index (χ4n) is 5.88. The molecule has 0 fully saturated rings. The maximum absolute atomic E-state index is 14.4. The number of aryl methyl sites for hydroxylation is 2. The predicted molar refractivity (Wildman–Crippen MR) is 191 cm³/mol. The first-order valence-electron chi connectivity index (χ1n) is 15.6. The number of carbonyl (C=O) groups is 1. The minimum Gasteiger partial charge on any atom is -0.497 e. The van der Waals surface area contributed by atoms with Gasteiger partial charge in [-0.3, -0.25) is 18.8 Å². The number of fused-ring (bicyclic) bond motifs is 2. The van der Waals surface area contributed by atoms with Crippen LogP contribution in [0.3, 0.4) is 0 Å². The number of hydrogen-bond acceptors (Lipinski definition) is 9. The number of halogens is 3. The Labute approximate surface area is 300 Å². The van der Waals surface area contributed by atoms with Crippen LogP contribution in [0.1, 0.15) is 23.1 Å². The summed E-state index contributed by atoms with van der Waals surface area (Å²) < 4.78 is 76.1. The zero-order valence-electron chi connectivity index (χ0n) is 27.9. The molecule has 1 unspecified atom stereocenters. The molecule has 2 heterocycles. The molecule has 0 aliphatic heterocycles. The van der Waals surface area contributed by atoms with E-state index in [9.17, 15) is 26.8 Å². The fourth-order valence-corrected chi connectivity index (χ4v) is 7.17. The lowest BCUT2D eigenvalue weighted by molar-refractivity contribution is 0.1000. The summed E-state index contributed by atoms with van der Waals surface area (Å²) in [6.07, 6.45) is -2.87. The van der Waals surface area contributed by atoms with Crippen LogP contribution >= 0.6 is 11.6 Å². The van der Waals surface area contributed by atoms with Crippen molar-refractivity contribution in [1.29, 1.82) is 0 Å². The Balaban J connectivity index is 1.51. The van der Waals surface area contributed by atoms with Gasteiger partial charge in [0.25, 0.3) is 5.56 Å². The highest BCUT2D eigenvalue weighted by Crippen LogP contribution is 2.36. The lowest BCUT2D eigenvalue weighted by Gasteiger charge is -2.22. The number of sulfonamides is 1. The van der Waals surface area contributed by atoms with E-state index >= 15 is 0 Å². The first-order valence-corrected chi connectivity index (χ1v) is 17.6. The maximum atomic E-state index is 14.4. The summed E-state index contributed by atoms with van der Waals surface area (Å²) in [6.45, 7) is 0. The van der Waals surface area contributed by atoms with E-state index in [1.807, 2.05) is 0 Å². The van der Waals surface area contributed by atoms with E-state index in [0.717, 1.165) is 22.3 Å². The molecule has 4 aromatic carbocycles. The van der Waals surface area contributed by atoms with Crippen LogP contribution in [-0.4, -0.2) is 53.8 Å². The number of nitrogens with two attached hydrogens (primary N) is 1. The number of methoxy groups -OCH3 is 2. The van der Waals surface area contributed by atoms with E-state index < -0.39 is 39.4 Å². The second kappa shape index (κ2) is 14.5. The summed E-state index contributed by atoms with van der Waals surface area (Å²) in [7, 11) is 0.501. The van der Waals surface area contributed by atoms with Gasteiger partial charge in [-0.1, -0.05) is 23.7 Å². The van der Waals surface area contributed by atoms with Gasteiger partial charge in [-0.05, 0) is 66.1 Å². The Bertz CT molecular complexity index is 2490. The van der Waals surface area contributed by atoms with E-state index in [-0.39, 0.29) is 68.3 Å². The number of amides is 1. The van der Waals surface area contributed by atoms with Crippen molar-refractivity contribution in [3.8, 4) is 17.2 Å². The second-order valence-electron chi connectivity index (χ2n) is 11.7. The average Bonchev–Trinajstić information content (AvgIpc) is 3.42. The Kier molecular flexibility index (Phi) is 10.0. The summed E-state index contributed by atoms with van der Waals surface area (Å²) in [5.74, 6) is -1.33. The third-order valence-electron chi connectivity index (χ3n) is 8.22. The minimum absolute atomic E-state index is 0.0726. The average molecular weight is 753 g/mol. The molecule has 1 amide bonds. The van der Waals surface area contributed by atoms with Gasteiger partial charge >= 0.3 is 6.09 Å². The number of anilines is 1. The third kappa shape index (κ3) is 7.48. The van der Waals surface area contributed by atoms with Gasteiger partial charge in [0.05, 0.1) is 52.5 Å². The quantitative estimate of drug-likeness (QED) is 0.162. The number of benzene rings is 4. The Morgan fingerprint density at radius 1 is 0.962 bits per heavy atom. The topological polar surface area (TPSA) is 170 Å². The van der Waals surface area contributed by atoms with Gasteiger partial charge in [0.1, 0.15) is 23.1 Å². The van der Waals surface area contributed by atoms with Crippen LogP contribution in [0.5, 0.6) is 11.5 Å². The highest BCUT2D eigenvalue weighted by Gasteiger charge is 2.28. The van der Waals surface area contributed by atoms with E-state index in [1.165, 1.54) is 50.2 Å². The molecular formula is C35H31ClF2N6O7S. The van der Waals surface area contributed by atoms with Gasteiger partial charge < -0.3 is 19.9 Å². The van der Waals surface area contributed by atoms with Crippen molar-refractivity contribution in [1.82, 2.24) is 19.3 Å². The van der Waals surface area contributed by atoms with Crippen molar-refractivity contribution < 1.29 is 36.2 Å². The molecule has 0 spiro atoms. The molecule has 1 atom stereocenters. The van der Waals surface area contributed by atoms with E-state index in [2.05, 4.69) is 14.8 Å². The van der Waals surface area contributed by atoms with Gasteiger partial charge in [-0.25, -0.2) is 27.0 Å². The van der Waals surface area contributed by atoms with Crippen LogP contribution in [-0.2, 0) is 34.6 Å². The molecule has 6 aromatic rings. The molecule has 270 valence electrons. The van der Waals surface area contributed by atoms with Crippen molar-refractivity contribution in [3.05, 3.63) is 117 Å². The molecule has 0 saturated heterocycles. The van der Waals surface area contributed by atoms with Crippen LogP contribution < -0.4 is 25.5 Å². The van der Waals surface area contributed by atoms with Crippen molar-refractivity contribution in [2.45, 2.75) is 18.9 Å². The number of rotatable bonds is 12. The summed E-state index contributed by atoms with van der Waals surface area (Å²) in [5, 5.41) is 4.80. The van der Waals surface area contributed by atoms with Crippen LogP contribution in [0.4, 0.5) is 19.4 Å². The number of nitrogens with zero attached hydrogens (tertiary/aromatic N) is 4. The predicted octanol–water partition coefficient (Wildman–Crippen LogP) is 5.58. The molecule has 13 nitrogen and oxygen atoms in total. The Hall–Kier alpha value is -5.74. The molecule has 0 radical (unpaired) electrons. The van der Waals surface area contributed by atoms with Crippen molar-refractivity contribution in [2.75, 3.05) is 24.7 Å². The molecule has 0 bridgehead atoms. The summed E-state index contributed by atoms with van der Waals surface area (Å²) in [4.78, 5) is 31.4. The SMILES string of the molecule is COc1ccc(CCS(=O)(=O)Nc2nn(C)c3c(-n4c(C(Cc5cc(F)cc(F)c5)OC(N)=O)nc5cc(OC)ccc5c4=O)ccc(Cl)c23)cc1. The Morgan fingerprint density at radius 3 is 2.29 bits per heavy atom. The van der Waals surface area contributed by atoms with Crippen LogP contribution in [0.2, 0.25) is 5.02 Å². The van der Waals surface area contributed by atoms with Gasteiger partial charge in [0.15, 0.2) is 17.7 Å². The monoisotopic (exact) mass is 752 g/mol. The van der Waals surface area contributed by atoms with Crippen molar-refractivity contribution in [2.24, 2.45) is 12.8 Å². The molecule has 0 aliphatic rings. The summed E-state index contributed by atoms with van der Waals surface area (Å²) >= 11 is 6.67.